The zero-order valence-corrected chi connectivity index (χ0v) is 15.6. The second-order valence-electron chi connectivity index (χ2n) is 5.54. The van der Waals surface area contributed by atoms with Crippen LogP contribution >= 0.6 is 27.3 Å². The van der Waals surface area contributed by atoms with E-state index in [9.17, 15) is 5.26 Å². The van der Waals surface area contributed by atoms with Crippen LogP contribution in [0.25, 0.3) is 0 Å². The van der Waals surface area contributed by atoms with Gasteiger partial charge in [-0.25, -0.2) is 4.99 Å². The molecule has 1 heterocycles. The third kappa shape index (κ3) is 3.61. The molecule has 0 aliphatic heterocycles. The molecule has 0 bridgehead atoms. The third-order valence-electron chi connectivity index (χ3n) is 3.91. The first kappa shape index (κ1) is 16.9. The molecule has 0 atom stereocenters. The minimum atomic E-state index is 0.444. The number of nitrogens with zero attached hydrogens (tertiary/aromatic N) is 2. The molecule has 0 N–H and O–H groups in total. The third-order valence-corrected chi connectivity index (χ3v) is 5.61. The van der Waals surface area contributed by atoms with Gasteiger partial charge in [0.15, 0.2) is 0 Å². The first-order chi connectivity index (χ1) is 11.7. The molecule has 2 aromatic rings. The van der Waals surface area contributed by atoms with Gasteiger partial charge < -0.3 is 4.74 Å². The Morgan fingerprint density at radius 3 is 3.00 bits per heavy atom. The Kier molecular flexibility index (Phi) is 5.49. The van der Waals surface area contributed by atoms with Crippen molar-refractivity contribution in [2.45, 2.75) is 25.7 Å². The van der Waals surface area contributed by atoms with Crippen molar-refractivity contribution in [2.24, 2.45) is 4.99 Å². The molecular formula is C19H17BrN2OS. The molecule has 0 spiro atoms. The molecule has 24 heavy (non-hydrogen) atoms. The maximum atomic E-state index is 9.51. The average Bonchev–Trinajstić information content (AvgIpc) is 2.96. The van der Waals surface area contributed by atoms with Gasteiger partial charge in [-0.3, -0.25) is 0 Å². The highest BCUT2D eigenvalue weighted by molar-refractivity contribution is 9.10. The SMILES string of the molecule is C=CCOc1ccc(Br)cc1/C=N/c1sc2c(c1C#N)CCCC2. The summed E-state index contributed by atoms with van der Waals surface area (Å²) in [4.78, 5) is 5.93. The summed E-state index contributed by atoms with van der Waals surface area (Å²) in [5, 5.41) is 10.3. The van der Waals surface area contributed by atoms with Crippen LogP contribution in [0.5, 0.6) is 5.75 Å². The van der Waals surface area contributed by atoms with Crippen LogP contribution in [0.15, 0.2) is 40.3 Å². The van der Waals surface area contributed by atoms with Crippen molar-refractivity contribution in [1.82, 2.24) is 0 Å². The van der Waals surface area contributed by atoms with E-state index >= 15 is 0 Å². The summed E-state index contributed by atoms with van der Waals surface area (Å²) < 4.78 is 6.63. The second kappa shape index (κ2) is 7.78. The summed E-state index contributed by atoms with van der Waals surface area (Å²) >= 11 is 5.12. The lowest BCUT2D eigenvalue weighted by molar-refractivity contribution is 0.362. The van der Waals surface area contributed by atoms with Crippen LogP contribution in [0.1, 0.15) is 34.4 Å². The van der Waals surface area contributed by atoms with Gasteiger partial charge in [0.1, 0.15) is 23.4 Å². The average molecular weight is 401 g/mol. The Balaban J connectivity index is 1.94. The first-order valence-corrected chi connectivity index (χ1v) is 9.46. The predicted molar refractivity (Wildman–Crippen MR) is 103 cm³/mol. The van der Waals surface area contributed by atoms with E-state index in [0.29, 0.717) is 6.61 Å². The van der Waals surface area contributed by atoms with Gasteiger partial charge in [0.05, 0.1) is 5.56 Å². The molecule has 3 rings (SSSR count). The van der Waals surface area contributed by atoms with E-state index in [0.717, 1.165) is 45.6 Å². The van der Waals surface area contributed by atoms with Crippen LogP contribution in [0.2, 0.25) is 0 Å². The zero-order valence-electron chi connectivity index (χ0n) is 13.2. The van der Waals surface area contributed by atoms with Crippen molar-refractivity contribution in [3.63, 3.8) is 0 Å². The summed E-state index contributed by atoms with van der Waals surface area (Å²) in [6.07, 6.45) is 7.91. The molecule has 1 aromatic carbocycles. The lowest BCUT2D eigenvalue weighted by atomic mass is 9.96. The minimum Gasteiger partial charge on any atom is -0.489 e. The smallest absolute Gasteiger partial charge is 0.134 e. The van der Waals surface area contributed by atoms with Gasteiger partial charge in [0.2, 0.25) is 0 Å². The van der Waals surface area contributed by atoms with E-state index in [-0.39, 0.29) is 0 Å². The number of aliphatic imine (C=N–C) groups is 1. The number of aryl methyl sites for hydroxylation is 1. The Hall–Kier alpha value is -1.90. The molecule has 1 aliphatic carbocycles. The molecule has 122 valence electrons. The normalized spacial score (nSPS) is 13.5. The monoisotopic (exact) mass is 400 g/mol. The fourth-order valence-electron chi connectivity index (χ4n) is 2.79. The number of rotatable bonds is 5. The van der Waals surface area contributed by atoms with E-state index in [1.54, 1.807) is 23.6 Å². The minimum absolute atomic E-state index is 0.444. The number of halogens is 1. The van der Waals surface area contributed by atoms with Gasteiger partial charge in [0, 0.05) is 21.1 Å². The highest BCUT2D eigenvalue weighted by atomic mass is 79.9. The first-order valence-electron chi connectivity index (χ1n) is 7.85. The summed E-state index contributed by atoms with van der Waals surface area (Å²) in [5.41, 5.74) is 2.83. The van der Waals surface area contributed by atoms with Crippen molar-refractivity contribution in [1.29, 1.82) is 5.26 Å². The number of thiophene rings is 1. The Labute approximate surface area is 154 Å². The second-order valence-corrected chi connectivity index (χ2v) is 7.54. The number of fused-ring (bicyclic) bond motifs is 1. The highest BCUT2D eigenvalue weighted by Gasteiger charge is 2.20. The highest BCUT2D eigenvalue weighted by Crippen LogP contribution is 2.39. The number of nitriles is 1. The van der Waals surface area contributed by atoms with Crippen molar-refractivity contribution in [3.05, 3.63) is 56.9 Å². The summed E-state index contributed by atoms with van der Waals surface area (Å²) in [6.45, 7) is 4.12. The van der Waals surface area contributed by atoms with Crippen molar-refractivity contribution >= 4 is 38.5 Å². The molecule has 5 heteroatoms. The van der Waals surface area contributed by atoms with Crippen molar-refractivity contribution in [2.75, 3.05) is 6.61 Å². The van der Waals surface area contributed by atoms with E-state index < -0.39 is 0 Å². The van der Waals surface area contributed by atoms with Gasteiger partial charge in [-0.15, -0.1) is 11.3 Å². The van der Waals surface area contributed by atoms with Gasteiger partial charge in [-0.05, 0) is 49.4 Å². The van der Waals surface area contributed by atoms with Crippen LogP contribution < -0.4 is 4.74 Å². The quantitative estimate of drug-likeness (QED) is 0.485. The molecule has 1 aliphatic rings. The van der Waals surface area contributed by atoms with Gasteiger partial charge in [0.25, 0.3) is 0 Å². The molecule has 0 unspecified atom stereocenters. The molecule has 0 saturated carbocycles. The Morgan fingerprint density at radius 2 is 2.21 bits per heavy atom. The maximum Gasteiger partial charge on any atom is 0.134 e. The van der Waals surface area contributed by atoms with E-state index in [4.69, 9.17) is 4.74 Å². The molecule has 0 fully saturated rings. The van der Waals surface area contributed by atoms with Crippen LogP contribution in [-0.2, 0) is 12.8 Å². The van der Waals surface area contributed by atoms with Gasteiger partial charge in [-0.2, -0.15) is 5.26 Å². The van der Waals surface area contributed by atoms with Crippen LogP contribution in [0.3, 0.4) is 0 Å². The summed E-state index contributed by atoms with van der Waals surface area (Å²) in [5.74, 6) is 0.752. The van der Waals surface area contributed by atoms with Crippen molar-refractivity contribution < 1.29 is 4.74 Å². The zero-order chi connectivity index (χ0) is 16.9. The lowest BCUT2D eigenvalue weighted by Gasteiger charge is -2.09. The number of benzene rings is 1. The molecule has 0 saturated heterocycles. The van der Waals surface area contributed by atoms with Crippen molar-refractivity contribution in [3.8, 4) is 11.8 Å². The fourth-order valence-corrected chi connectivity index (χ4v) is 4.35. The van der Waals surface area contributed by atoms with Crippen LogP contribution in [0, 0.1) is 11.3 Å². The molecule has 1 aromatic heterocycles. The molecular weight excluding hydrogens is 384 g/mol. The van der Waals surface area contributed by atoms with E-state index in [1.807, 2.05) is 18.2 Å². The predicted octanol–water partition coefficient (Wildman–Crippen LogP) is 5.58. The lowest BCUT2D eigenvalue weighted by Crippen LogP contribution is -1.99. The van der Waals surface area contributed by atoms with E-state index in [2.05, 4.69) is 33.6 Å². The Morgan fingerprint density at radius 1 is 1.38 bits per heavy atom. The largest absolute Gasteiger partial charge is 0.489 e. The topological polar surface area (TPSA) is 45.4 Å². The fraction of sp³-hybridized carbons (Fsp3) is 0.263. The maximum absolute atomic E-state index is 9.51. The molecule has 3 nitrogen and oxygen atoms in total. The van der Waals surface area contributed by atoms with Gasteiger partial charge in [-0.1, -0.05) is 28.6 Å². The van der Waals surface area contributed by atoms with Crippen LogP contribution in [0.4, 0.5) is 5.00 Å². The number of hydrogen-bond donors (Lipinski definition) is 0. The summed E-state index contributed by atoms with van der Waals surface area (Å²) in [6, 6.07) is 8.14. The standard InChI is InChI=1S/C19H17BrN2OS/c1-2-9-23-17-8-7-14(20)10-13(17)12-22-19-16(11-21)15-5-3-4-6-18(15)24-19/h2,7-8,10,12H,1,3-6,9H2/b22-12+. The number of hydrogen-bond acceptors (Lipinski definition) is 4. The molecule has 0 radical (unpaired) electrons. The molecule has 0 amide bonds. The Bertz CT molecular complexity index is 833. The van der Waals surface area contributed by atoms with E-state index in [1.165, 1.54) is 16.9 Å². The van der Waals surface area contributed by atoms with Crippen LogP contribution in [-0.4, -0.2) is 12.8 Å². The number of ether oxygens (including phenoxy) is 1. The van der Waals surface area contributed by atoms with Gasteiger partial charge >= 0.3 is 0 Å². The summed E-state index contributed by atoms with van der Waals surface area (Å²) in [7, 11) is 0.